The molecule has 1 aliphatic heterocycles. The van der Waals surface area contributed by atoms with E-state index in [9.17, 15) is 0 Å². The maximum Gasteiger partial charge on any atom is 0.120 e. The van der Waals surface area contributed by atoms with E-state index in [1.54, 1.807) is 0 Å². The summed E-state index contributed by atoms with van der Waals surface area (Å²) in [5, 5.41) is 3.64. The lowest BCUT2D eigenvalue weighted by molar-refractivity contribution is 0.292. The van der Waals surface area contributed by atoms with Gasteiger partial charge in [0.1, 0.15) is 5.75 Å². The van der Waals surface area contributed by atoms with Crippen LogP contribution in [0.1, 0.15) is 50.6 Å². The number of hydrogen-bond acceptors (Lipinski definition) is 2. The van der Waals surface area contributed by atoms with Crippen molar-refractivity contribution >= 4 is 0 Å². The van der Waals surface area contributed by atoms with Crippen LogP contribution in [0.15, 0.2) is 24.3 Å². The Kier molecular flexibility index (Phi) is 3.55. The van der Waals surface area contributed by atoms with Crippen LogP contribution in [0.4, 0.5) is 0 Å². The molecular formula is C16H23NO. The van der Waals surface area contributed by atoms with Gasteiger partial charge in [-0.1, -0.05) is 25.5 Å². The molecule has 2 nitrogen and oxygen atoms in total. The molecule has 3 rings (SSSR count). The molecule has 0 bridgehead atoms. The fourth-order valence-corrected chi connectivity index (χ4v) is 2.80. The minimum absolute atomic E-state index is 0.489. The van der Waals surface area contributed by atoms with Crippen molar-refractivity contribution in [2.45, 2.75) is 51.2 Å². The van der Waals surface area contributed by atoms with Crippen molar-refractivity contribution < 1.29 is 4.74 Å². The molecule has 1 aromatic carbocycles. The number of nitrogens with one attached hydrogen (secondary N) is 1. The van der Waals surface area contributed by atoms with Crippen LogP contribution in [0.5, 0.6) is 5.75 Å². The molecule has 1 heterocycles. The van der Waals surface area contributed by atoms with E-state index in [0.717, 1.165) is 18.2 Å². The predicted molar refractivity (Wildman–Crippen MR) is 73.9 cm³/mol. The highest BCUT2D eigenvalue weighted by molar-refractivity contribution is 5.31. The first kappa shape index (κ1) is 12.0. The smallest absolute Gasteiger partial charge is 0.120 e. The quantitative estimate of drug-likeness (QED) is 0.873. The first-order valence-electron chi connectivity index (χ1n) is 7.35. The Labute approximate surface area is 110 Å². The normalized spacial score (nSPS) is 28.1. The van der Waals surface area contributed by atoms with E-state index in [2.05, 4.69) is 36.5 Å². The van der Waals surface area contributed by atoms with Gasteiger partial charge in [-0.15, -0.1) is 0 Å². The number of ether oxygens (including phenoxy) is 1. The molecule has 1 saturated carbocycles. The van der Waals surface area contributed by atoms with Gasteiger partial charge in [-0.25, -0.2) is 0 Å². The molecule has 2 fully saturated rings. The van der Waals surface area contributed by atoms with E-state index in [1.807, 2.05) is 0 Å². The third kappa shape index (κ3) is 2.86. The Morgan fingerprint density at radius 1 is 1.28 bits per heavy atom. The van der Waals surface area contributed by atoms with Crippen molar-refractivity contribution in [3.05, 3.63) is 29.8 Å². The van der Waals surface area contributed by atoms with Crippen LogP contribution in [0, 0.1) is 5.92 Å². The predicted octanol–water partition coefficient (Wildman–Crippen LogP) is 3.68. The van der Waals surface area contributed by atoms with Gasteiger partial charge in [-0.05, 0) is 55.8 Å². The summed E-state index contributed by atoms with van der Waals surface area (Å²) in [6, 6.07) is 9.20. The molecule has 18 heavy (non-hydrogen) atoms. The maximum atomic E-state index is 5.88. The van der Waals surface area contributed by atoms with Crippen LogP contribution in [-0.4, -0.2) is 12.6 Å². The Morgan fingerprint density at radius 3 is 2.94 bits per heavy atom. The van der Waals surface area contributed by atoms with E-state index in [-0.39, 0.29) is 0 Å². The minimum atomic E-state index is 0.489. The fraction of sp³-hybridized carbons (Fsp3) is 0.625. The van der Waals surface area contributed by atoms with Gasteiger partial charge in [0.2, 0.25) is 0 Å². The maximum absolute atomic E-state index is 5.88. The molecule has 98 valence electrons. The van der Waals surface area contributed by atoms with Crippen molar-refractivity contribution in [3.63, 3.8) is 0 Å². The number of piperidine rings is 1. The lowest BCUT2D eigenvalue weighted by atomic mass is 9.87. The van der Waals surface area contributed by atoms with Gasteiger partial charge in [0.15, 0.2) is 0 Å². The second kappa shape index (κ2) is 5.31. The van der Waals surface area contributed by atoms with E-state index < -0.39 is 0 Å². The number of benzene rings is 1. The van der Waals surface area contributed by atoms with Gasteiger partial charge < -0.3 is 10.1 Å². The summed E-state index contributed by atoms with van der Waals surface area (Å²) in [4.78, 5) is 0. The van der Waals surface area contributed by atoms with Crippen LogP contribution in [0.2, 0.25) is 0 Å². The van der Waals surface area contributed by atoms with E-state index in [1.165, 1.54) is 37.7 Å². The average Bonchev–Trinajstić information content (AvgIpc) is 3.23. The van der Waals surface area contributed by atoms with Crippen LogP contribution >= 0.6 is 0 Å². The summed E-state index contributed by atoms with van der Waals surface area (Å²) in [6.07, 6.45) is 6.83. The summed E-state index contributed by atoms with van der Waals surface area (Å²) >= 11 is 0. The van der Waals surface area contributed by atoms with Crippen molar-refractivity contribution in [1.82, 2.24) is 5.32 Å². The SMILES string of the molecule is CCC1CCNC(c2cccc(OC3CC3)c2)C1. The molecule has 0 aromatic heterocycles. The Balaban J connectivity index is 1.69. The molecular weight excluding hydrogens is 222 g/mol. The summed E-state index contributed by atoms with van der Waals surface area (Å²) < 4.78 is 5.88. The second-order valence-corrected chi connectivity index (χ2v) is 5.70. The Bertz CT molecular complexity index is 400. The number of rotatable bonds is 4. The molecule has 1 aromatic rings. The topological polar surface area (TPSA) is 21.3 Å². The molecule has 2 aliphatic rings. The van der Waals surface area contributed by atoms with Gasteiger partial charge in [-0.3, -0.25) is 0 Å². The number of hydrogen-bond donors (Lipinski definition) is 1. The minimum Gasteiger partial charge on any atom is -0.490 e. The Morgan fingerprint density at radius 2 is 2.17 bits per heavy atom. The zero-order valence-electron chi connectivity index (χ0n) is 11.2. The van der Waals surface area contributed by atoms with Gasteiger partial charge in [-0.2, -0.15) is 0 Å². The first-order chi connectivity index (χ1) is 8.85. The van der Waals surface area contributed by atoms with Gasteiger partial charge in [0, 0.05) is 6.04 Å². The lowest BCUT2D eigenvalue weighted by Crippen LogP contribution is -2.31. The average molecular weight is 245 g/mol. The zero-order valence-corrected chi connectivity index (χ0v) is 11.2. The molecule has 0 amide bonds. The van der Waals surface area contributed by atoms with Crippen LogP contribution in [0.3, 0.4) is 0 Å². The van der Waals surface area contributed by atoms with Crippen LogP contribution < -0.4 is 10.1 Å². The molecule has 1 saturated heterocycles. The summed E-state index contributed by atoms with van der Waals surface area (Å²) in [7, 11) is 0. The molecule has 0 radical (unpaired) electrons. The van der Waals surface area contributed by atoms with Crippen LogP contribution in [0.25, 0.3) is 0 Å². The van der Waals surface area contributed by atoms with Gasteiger partial charge >= 0.3 is 0 Å². The fourth-order valence-electron chi connectivity index (χ4n) is 2.80. The first-order valence-corrected chi connectivity index (χ1v) is 7.35. The summed E-state index contributed by atoms with van der Waals surface area (Å²) in [5.41, 5.74) is 1.39. The van der Waals surface area contributed by atoms with E-state index in [4.69, 9.17) is 4.74 Å². The zero-order chi connectivity index (χ0) is 12.4. The Hall–Kier alpha value is -1.02. The molecule has 2 unspecified atom stereocenters. The molecule has 2 atom stereocenters. The highest BCUT2D eigenvalue weighted by Crippen LogP contribution is 2.32. The van der Waals surface area contributed by atoms with Crippen LogP contribution in [-0.2, 0) is 0 Å². The molecule has 1 N–H and O–H groups in total. The molecule has 1 aliphatic carbocycles. The van der Waals surface area contributed by atoms with Crippen molar-refractivity contribution in [2.24, 2.45) is 5.92 Å². The van der Waals surface area contributed by atoms with Gasteiger partial charge in [0.05, 0.1) is 6.10 Å². The highest BCUT2D eigenvalue weighted by atomic mass is 16.5. The molecule has 2 heteroatoms. The summed E-state index contributed by atoms with van der Waals surface area (Å²) in [6.45, 7) is 3.45. The van der Waals surface area contributed by atoms with Gasteiger partial charge in [0.25, 0.3) is 0 Å². The van der Waals surface area contributed by atoms with E-state index >= 15 is 0 Å². The summed E-state index contributed by atoms with van der Waals surface area (Å²) in [5.74, 6) is 1.93. The van der Waals surface area contributed by atoms with E-state index in [0.29, 0.717) is 12.1 Å². The standard InChI is InChI=1S/C16H23NO/c1-2-12-8-9-17-16(10-12)13-4-3-5-15(11-13)18-14-6-7-14/h3-5,11-12,14,16-17H,2,6-10H2,1H3. The highest BCUT2D eigenvalue weighted by Gasteiger charge is 2.25. The molecule has 0 spiro atoms. The second-order valence-electron chi connectivity index (χ2n) is 5.70. The monoisotopic (exact) mass is 245 g/mol. The third-order valence-electron chi connectivity index (χ3n) is 4.18. The lowest BCUT2D eigenvalue weighted by Gasteiger charge is -2.30. The largest absolute Gasteiger partial charge is 0.490 e. The van der Waals surface area contributed by atoms with Crippen molar-refractivity contribution in [1.29, 1.82) is 0 Å². The van der Waals surface area contributed by atoms with Crippen molar-refractivity contribution in [3.8, 4) is 5.75 Å². The third-order valence-corrected chi connectivity index (χ3v) is 4.18. The van der Waals surface area contributed by atoms with Crippen molar-refractivity contribution in [2.75, 3.05) is 6.54 Å².